The van der Waals surface area contributed by atoms with Crippen molar-refractivity contribution in [2.75, 3.05) is 0 Å². The van der Waals surface area contributed by atoms with E-state index in [0.29, 0.717) is 22.9 Å². The molecule has 0 fully saturated rings. The van der Waals surface area contributed by atoms with Crippen LogP contribution in [-0.4, -0.2) is 5.91 Å². The molecule has 3 aromatic rings. The molecule has 0 spiro atoms. The molecule has 138 valence electrons. The summed E-state index contributed by atoms with van der Waals surface area (Å²) < 4.78 is 5.81. The van der Waals surface area contributed by atoms with Gasteiger partial charge in [-0.3, -0.25) is 4.79 Å². The quantitative estimate of drug-likeness (QED) is 0.595. The first-order chi connectivity index (χ1) is 13.0. The third-order valence-corrected chi connectivity index (χ3v) is 4.82. The molecule has 0 unspecified atom stereocenters. The molecular formula is C23H22ClNO2. The van der Waals surface area contributed by atoms with Crippen LogP contribution in [0.5, 0.6) is 5.75 Å². The van der Waals surface area contributed by atoms with Gasteiger partial charge in [0, 0.05) is 16.1 Å². The monoisotopic (exact) mass is 379 g/mol. The van der Waals surface area contributed by atoms with Gasteiger partial charge in [0.15, 0.2) is 0 Å². The van der Waals surface area contributed by atoms with E-state index in [1.807, 2.05) is 74.5 Å². The van der Waals surface area contributed by atoms with Gasteiger partial charge in [-0.15, -0.1) is 0 Å². The topological polar surface area (TPSA) is 38.3 Å². The van der Waals surface area contributed by atoms with E-state index in [4.69, 9.17) is 16.3 Å². The van der Waals surface area contributed by atoms with Crippen LogP contribution in [0.25, 0.3) is 0 Å². The average Bonchev–Trinajstić information content (AvgIpc) is 2.68. The molecule has 0 radical (unpaired) electrons. The number of rotatable bonds is 6. The molecule has 0 bridgehead atoms. The van der Waals surface area contributed by atoms with Gasteiger partial charge >= 0.3 is 0 Å². The van der Waals surface area contributed by atoms with Crippen molar-refractivity contribution in [1.82, 2.24) is 5.32 Å². The van der Waals surface area contributed by atoms with Gasteiger partial charge in [-0.1, -0.05) is 60.1 Å². The molecule has 0 aliphatic rings. The van der Waals surface area contributed by atoms with Crippen molar-refractivity contribution >= 4 is 17.5 Å². The van der Waals surface area contributed by atoms with E-state index < -0.39 is 0 Å². The van der Waals surface area contributed by atoms with Gasteiger partial charge in [0.05, 0.1) is 6.04 Å². The number of hydrogen-bond acceptors (Lipinski definition) is 2. The minimum absolute atomic E-state index is 0.0774. The van der Waals surface area contributed by atoms with Crippen LogP contribution in [0.3, 0.4) is 0 Å². The lowest BCUT2D eigenvalue weighted by Gasteiger charge is -2.17. The SMILES string of the molecule is Cc1ccccc1[C@@H](C)NC(=O)c1cccc(OCc2ccccc2Cl)c1. The summed E-state index contributed by atoms with van der Waals surface area (Å²) in [4.78, 5) is 12.6. The maximum absolute atomic E-state index is 12.6. The Morgan fingerprint density at radius 1 is 1.04 bits per heavy atom. The first-order valence-corrected chi connectivity index (χ1v) is 9.25. The summed E-state index contributed by atoms with van der Waals surface area (Å²) in [7, 11) is 0. The summed E-state index contributed by atoms with van der Waals surface area (Å²) in [6, 6.07) is 22.7. The second kappa shape index (κ2) is 8.74. The van der Waals surface area contributed by atoms with Crippen molar-refractivity contribution in [2.45, 2.75) is 26.5 Å². The van der Waals surface area contributed by atoms with Crippen molar-refractivity contribution in [2.24, 2.45) is 0 Å². The van der Waals surface area contributed by atoms with E-state index in [-0.39, 0.29) is 11.9 Å². The lowest BCUT2D eigenvalue weighted by Crippen LogP contribution is -2.27. The molecule has 0 saturated carbocycles. The summed E-state index contributed by atoms with van der Waals surface area (Å²) in [6.07, 6.45) is 0. The maximum Gasteiger partial charge on any atom is 0.251 e. The Hall–Kier alpha value is -2.78. The molecule has 0 saturated heterocycles. The molecule has 1 atom stereocenters. The number of halogens is 1. The minimum atomic E-state index is -0.131. The van der Waals surface area contributed by atoms with Crippen LogP contribution in [0, 0.1) is 6.92 Å². The Balaban J connectivity index is 1.67. The Morgan fingerprint density at radius 3 is 2.56 bits per heavy atom. The molecule has 27 heavy (non-hydrogen) atoms. The molecule has 0 heterocycles. The van der Waals surface area contributed by atoms with Gasteiger partial charge in [-0.25, -0.2) is 0 Å². The standard InChI is InChI=1S/C23H22ClNO2/c1-16-8-3-5-12-21(16)17(2)25-23(26)18-10-7-11-20(14-18)27-15-19-9-4-6-13-22(19)24/h3-14,17H,15H2,1-2H3,(H,25,26)/t17-/m1/s1. The van der Waals surface area contributed by atoms with E-state index >= 15 is 0 Å². The fraction of sp³-hybridized carbons (Fsp3) is 0.174. The smallest absolute Gasteiger partial charge is 0.251 e. The third kappa shape index (κ3) is 4.89. The Morgan fingerprint density at radius 2 is 1.78 bits per heavy atom. The summed E-state index contributed by atoms with van der Waals surface area (Å²) in [5, 5.41) is 3.71. The van der Waals surface area contributed by atoms with Gasteiger partial charge in [0.25, 0.3) is 5.91 Å². The van der Waals surface area contributed by atoms with E-state index in [0.717, 1.165) is 16.7 Å². The molecule has 1 N–H and O–H groups in total. The zero-order valence-corrected chi connectivity index (χ0v) is 16.2. The van der Waals surface area contributed by atoms with E-state index in [2.05, 4.69) is 5.32 Å². The van der Waals surface area contributed by atoms with Crippen LogP contribution in [0.2, 0.25) is 5.02 Å². The number of hydrogen-bond donors (Lipinski definition) is 1. The van der Waals surface area contributed by atoms with Gasteiger partial charge in [0.1, 0.15) is 12.4 Å². The number of nitrogens with one attached hydrogen (secondary N) is 1. The van der Waals surface area contributed by atoms with Crippen LogP contribution in [-0.2, 0) is 6.61 Å². The summed E-state index contributed by atoms with van der Waals surface area (Å²) in [5.74, 6) is 0.500. The molecular weight excluding hydrogens is 358 g/mol. The number of aryl methyl sites for hydroxylation is 1. The zero-order chi connectivity index (χ0) is 19.2. The van der Waals surface area contributed by atoms with Crippen LogP contribution < -0.4 is 10.1 Å². The van der Waals surface area contributed by atoms with Crippen LogP contribution in [0.15, 0.2) is 72.8 Å². The van der Waals surface area contributed by atoms with Crippen molar-refractivity contribution in [3.05, 3.63) is 100 Å². The van der Waals surface area contributed by atoms with Crippen LogP contribution >= 0.6 is 11.6 Å². The molecule has 3 nitrogen and oxygen atoms in total. The van der Waals surface area contributed by atoms with Gasteiger partial charge in [0.2, 0.25) is 0 Å². The van der Waals surface area contributed by atoms with Crippen molar-refractivity contribution in [1.29, 1.82) is 0 Å². The number of amides is 1. The summed E-state index contributed by atoms with van der Waals surface area (Å²) >= 11 is 6.16. The van der Waals surface area contributed by atoms with E-state index in [9.17, 15) is 4.79 Å². The fourth-order valence-corrected chi connectivity index (χ4v) is 3.12. The van der Waals surface area contributed by atoms with Crippen molar-refractivity contribution in [3.63, 3.8) is 0 Å². The molecule has 4 heteroatoms. The van der Waals surface area contributed by atoms with E-state index in [1.54, 1.807) is 12.1 Å². The second-order valence-electron chi connectivity index (χ2n) is 6.46. The highest BCUT2D eigenvalue weighted by molar-refractivity contribution is 6.31. The molecule has 3 rings (SSSR count). The highest BCUT2D eigenvalue weighted by atomic mass is 35.5. The maximum atomic E-state index is 12.6. The van der Waals surface area contributed by atoms with Crippen LogP contribution in [0.1, 0.15) is 40.0 Å². The second-order valence-corrected chi connectivity index (χ2v) is 6.87. The normalized spacial score (nSPS) is 11.7. The third-order valence-electron chi connectivity index (χ3n) is 4.45. The number of carbonyl (C=O) groups excluding carboxylic acids is 1. The molecule has 1 amide bonds. The fourth-order valence-electron chi connectivity index (χ4n) is 2.93. The number of ether oxygens (including phenoxy) is 1. The Labute approximate surface area is 164 Å². The first-order valence-electron chi connectivity index (χ1n) is 8.87. The van der Waals surface area contributed by atoms with E-state index in [1.165, 1.54) is 0 Å². The predicted octanol–water partition coefficient (Wildman–Crippen LogP) is 5.72. The summed E-state index contributed by atoms with van der Waals surface area (Å²) in [5.41, 5.74) is 3.73. The Kier molecular flexibility index (Phi) is 6.15. The highest BCUT2D eigenvalue weighted by Crippen LogP contribution is 2.21. The molecule has 0 aromatic heterocycles. The predicted molar refractivity (Wildman–Crippen MR) is 109 cm³/mol. The van der Waals surface area contributed by atoms with Crippen molar-refractivity contribution < 1.29 is 9.53 Å². The van der Waals surface area contributed by atoms with Gasteiger partial charge in [-0.05, 0) is 49.2 Å². The first kappa shape index (κ1) is 19.0. The summed E-state index contributed by atoms with van der Waals surface area (Å²) in [6.45, 7) is 4.38. The van der Waals surface area contributed by atoms with Gasteiger partial charge < -0.3 is 10.1 Å². The highest BCUT2D eigenvalue weighted by Gasteiger charge is 2.13. The molecule has 3 aromatic carbocycles. The lowest BCUT2D eigenvalue weighted by molar-refractivity contribution is 0.0939. The van der Waals surface area contributed by atoms with Crippen LogP contribution in [0.4, 0.5) is 0 Å². The number of benzene rings is 3. The van der Waals surface area contributed by atoms with Gasteiger partial charge in [-0.2, -0.15) is 0 Å². The molecule has 0 aliphatic carbocycles. The van der Waals surface area contributed by atoms with Crippen molar-refractivity contribution in [3.8, 4) is 5.75 Å². The lowest BCUT2D eigenvalue weighted by atomic mass is 10.0. The molecule has 0 aliphatic heterocycles. The average molecular weight is 380 g/mol. The zero-order valence-electron chi connectivity index (χ0n) is 15.4. The largest absolute Gasteiger partial charge is 0.489 e. The minimum Gasteiger partial charge on any atom is -0.489 e. The Bertz CT molecular complexity index is 939. The number of carbonyl (C=O) groups is 1.